The molecule has 1 fully saturated rings. The normalized spacial score (nSPS) is 28.5. The molecular weight excluding hydrogens is 268 g/mol. The Morgan fingerprint density at radius 1 is 0.636 bits per heavy atom. The van der Waals surface area contributed by atoms with Crippen LogP contribution >= 0.6 is 0 Å². The van der Waals surface area contributed by atoms with Crippen LogP contribution in [0, 0.1) is 0 Å². The van der Waals surface area contributed by atoms with E-state index in [2.05, 4.69) is 48.5 Å². The lowest BCUT2D eigenvalue weighted by molar-refractivity contribution is 0.145. The van der Waals surface area contributed by atoms with E-state index >= 15 is 0 Å². The Labute approximate surface area is 133 Å². The van der Waals surface area contributed by atoms with Crippen LogP contribution < -0.4 is 11.5 Å². The molecule has 2 aromatic carbocycles. The smallest absolute Gasteiger partial charge is 0.0380 e. The zero-order valence-corrected chi connectivity index (χ0v) is 13.2. The molecule has 0 aliphatic heterocycles. The van der Waals surface area contributed by atoms with E-state index in [1.165, 1.54) is 24.0 Å². The fraction of sp³-hybridized carbons (Fsp3) is 0.400. The third-order valence-electron chi connectivity index (χ3n) is 5.21. The van der Waals surface area contributed by atoms with Crippen LogP contribution in [0.1, 0.15) is 36.8 Å². The van der Waals surface area contributed by atoms with Crippen LogP contribution in [0.3, 0.4) is 0 Å². The van der Waals surface area contributed by atoms with Crippen molar-refractivity contribution in [1.82, 2.24) is 0 Å². The summed E-state index contributed by atoms with van der Waals surface area (Å²) in [6, 6.07) is 21.1. The van der Waals surface area contributed by atoms with Gasteiger partial charge in [0.1, 0.15) is 0 Å². The van der Waals surface area contributed by atoms with E-state index in [4.69, 9.17) is 11.5 Å². The minimum Gasteiger partial charge on any atom is -0.323 e. The van der Waals surface area contributed by atoms with Gasteiger partial charge in [-0.05, 0) is 36.8 Å². The molecule has 2 unspecified atom stereocenters. The van der Waals surface area contributed by atoms with E-state index in [-0.39, 0.29) is 11.1 Å². The minimum atomic E-state index is -0.331. The molecule has 2 aromatic rings. The summed E-state index contributed by atoms with van der Waals surface area (Å²) in [4.78, 5) is 0. The summed E-state index contributed by atoms with van der Waals surface area (Å²) in [6.45, 7) is 0. The highest BCUT2D eigenvalue weighted by molar-refractivity contribution is 5.26. The quantitative estimate of drug-likeness (QED) is 0.907. The summed E-state index contributed by atoms with van der Waals surface area (Å²) in [6.07, 6.45) is 6.08. The molecule has 1 aliphatic carbocycles. The Bertz CT molecular complexity index is 540. The Morgan fingerprint density at radius 2 is 1.00 bits per heavy atom. The van der Waals surface area contributed by atoms with Crippen LogP contribution in [0.5, 0.6) is 0 Å². The molecule has 0 heterocycles. The fourth-order valence-corrected chi connectivity index (χ4v) is 3.83. The van der Waals surface area contributed by atoms with Gasteiger partial charge < -0.3 is 11.5 Å². The summed E-state index contributed by atoms with van der Waals surface area (Å²) in [5.74, 6) is 0. The number of hydrogen-bond acceptors (Lipinski definition) is 2. The molecule has 1 saturated carbocycles. The maximum absolute atomic E-state index is 6.89. The lowest BCUT2D eigenvalue weighted by atomic mass is 9.63. The molecule has 2 atom stereocenters. The molecule has 2 heteroatoms. The molecule has 1 aliphatic rings. The van der Waals surface area contributed by atoms with Gasteiger partial charge >= 0.3 is 0 Å². The largest absolute Gasteiger partial charge is 0.323 e. The highest BCUT2D eigenvalue weighted by Gasteiger charge is 2.47. The van der Waals surface area contributed by atoms with Crippen molar-refractivity contribution in [2.24, 2.45) is 11.5 Å². The van der Waals surface area contributed by atoms with Crippen LogP contribution in [0.2, 0.25) is 0 Å². The summed E-state index contributed by atoms with van der Waals surface area (Å²) in [5, 5.41) is 0. The molecule has 4 N–H and O–H groups in total. The Balaban J connectivity index is 1.86. The predicted octanol–water partition coefficient (Wildman–Crippen LogP) is 3.44. The standard InChI is InChI=1S/C20H26N2/c21-19(15-17-9-3-1-4-10-17)13-7-8-14-20(19,22)16-18-11-5-2-6-12-18/h1-6,9-12H,7-8,13-16,21-22H2. The molecule has 2 nitrogen and oxygen atoms in total. The van der Waals surface area contributed by atoms with Crippen LogP contribution in [-0.2, 0) is 12.8 Å². The average Bonchev–Trinajstić information content (AvgIpc) is 2.53. The van der Waals surface area contributed by atoms with E-state index in [1.54, 1.807) is 0 Å². The molecular formula is C20H26N2. The molecule has 0 saturated heterocycles. The van der Waals surface area contributed by atoms with E-state index in [0.29, 0.717) is 0 Å². The van der Waals surface area contributed by atoms with Gasteiger partial charge in [0.05, 0.1) is 0 Å². The van der Waals surface area contributed by atoms with Crippen LogP contribution in [0.25, 0.3) is 0 Å². The van der Waals surface area contributed by atoms with Crippen molar-refractivity contribution < 1.29 is 0 Å². The summed E-state index contributed by atoms with van der Waals surface area (Å²) in [7, 11) is 0. The fourth-order valence-electron chi connectivity index (χ4n) is 3.83. The first kappa shape index (κ1) is 15.3. The van der Waals surface area contributed by atoms with Crippen molar-refractivity contribution in [3.63, 3.8) is 0 Å². The highest BCUT2D eigenvalue weighted by atomic mass is 14.9. The van der Waals surface area contributed by atoms with E-state index in [9.17, 15) is 0 Å². The van der Waals surface area contributed by atoms with Crippen molar-refractivity contribution in [2.45, 2.75) is 49.6 Å². The van der Waals surface area contributed by atoms with Gasteiger partial charge in [0.2, 0.25) is 0 Å². The number of hydrogen-bond donors (Lipinski definition) is 2. The summed E-state index contributed by atoms with van der Waals surface area (Å²) in [5.41, 5.74) is 15.7. The van der Waals surface area contributed by atoms with E-state index in [0.717, 1.165) is 25.7 Å². The summed E-state index contributed by atoms with van der Waals surface area (Å²) < 4.78 is 0. The third kappa shape index (κ3) is 3.08. The van der Waals surface area contributed by atoms with Crippen LogP contribution in [-0.4, -0.2) is 11.1 Å². The van der Waals surface area contributed by atoms with Gasteiger partial charge in [-0.25, -0.2) is 0 Å². The van der Waals surface area contributed by atoms with Gasteiger partial charge in [-0.15, -0.1) is 0 Å². The third-order valence-corrected chi connectivity index (χ3v) is 5.21. The second kappa shape index (κ2) is 6.23. The van der Waals surface area contributed by atoms with Crippen LogP contribution in [0.15, 0.2) is 60.7 Å². The Kier molecular flexibility index (Phi) is 4.32. The van der Waals surface area contributed by atoms with Gasteiger partial charge in [-0.3, -0.25) is 0 Å². The molecule has 0 bridgehead atoms. The topological polar surface area (TPSA) is 52.0 Å². The summed E-state index contributed by atoms with van der Waals surface area (Å²) >= 11 is 0. The van der Waals surface area contributed by atoms with Crippen LogP contribution in [0.4, 0.5) is 0 Å². The lowest BCUT2D eigenvalue weighted by Gasteiger charge is -2.50. The maximum Gasteiger partial charge on any atom is 0.0380 e. The highest BCUT2D eigenvalue weighted by Crippen LogP contribution is 2.38. The molecule has 0 amide bonds. The first-order valence-corrected chi connectivity index (χ1v) is 8.27. The first-order chi connectivity index (χ1) is 10.6. The molecule has 0 aromatic heterocycles. The van der Waals surface area contributed by atoms with E-state index in [1.807, 2.05) is 12.1 Å². The first-order valence-electron chi connectivity index (χ1n) is 8.27. The zero-order chi connectivity index (χ0) is 15.5. The molecule has 116 valence electrons. The molecule has 22 heavy (non-hydrogen) atoms. The van der Waals surface area contributed by atoms with Crippen molar-refractivity contribution in [1.29, 1.82) is 0 Å². The van der Waals surface area contributed by atoms with E-state index < -0.39 is 0 Å². The predicted molar refractivity (Wildman–Crippen MR) is 92.6 cm³/mol. The number of benzene rings is 2. The van der Waals surface area contributed by atoms with Gasteiger partial charge in [-0.2, -0.15) is 0 Å². The van der Waals surface area contributed by atoms with Crippen molar-refractivity contribution >= 4 is 0 Å². The zero-order valence-electron chi connectivity index (χ0n) is 13.2. The van der Waals surface area contributed by atoms with Gasteiger partial charge in [0.25, 0.3) is 0 Å². The second-order valence-electron chi connectivity index (χ2n) is 6.84. The van der Waals surface area contributed by atoms with Gasteiger partial charge in [0, 0.05) is 11.1 Å². The SMILES string of the molecule is NC1(Cc2ccccc2)CCCCC1(N)Cc1ccccc1. The minimum absolute atomic E-state index is 0.331. The lowest BCUT2D eigenvalue weighted by Crippen LogP contribution is -2.69. The molecule has 0 spiro atoms. The monoisotopic (exact) mass is 294 g/mol. The van der Waals surface area contributed by atoms with Crippen molar-refractivity contribution in [3.05, 3.63) is 71.8 Å². The van der Waals surface area contributed by atoms with Crippen molar-refractivity contribution in [3.8, 4) is 0 Å². The Morgan fingerprint density at radius 3 is 1.36 bits per heavy atom. The van der Waals surface area contributed by atoms with Gasteiger partial charge in [-0.1, -0.05) is 73.5 Å². The number of nitrogens with two attached hydrogens (primary N) is 2. The molecule has 3 rings (SSSR count). The van der Waals surface area contributed by atoms with Crippen molar-refractivity contribution in [2.75, 3.05) is 0 Å². The average molecular weight is 294 g/mol. The maximum atomic E-state index is 6.89. The molecule has 0 radical (unpaired) electrons. The second-order valence-corrected chi connectivity index (χ2v) is 6.84. The van der Waals surface area contributed by atoms with Gasteiger partial charge in [0.15, 0.2) is 0 Å². The Hall–Kier alpha value is -1.64. The number of rotatable bonds is 4.